The molecule has 1 aliphatic rings. The van der Waals surface area contributed by atoms with Gasteiger partial charge in [0.1, 0.15) is 17.5 Å². The molecule has 0 spiro atoms. The minimum atomic E-state index is 0.545. The Morgan fingerprint density at radius 1 is 1.20 bits per heavy atom. The maximum atomic E-state index is 6.10. The van der Waals surface area contributed by atoms with Gasteiger partial charge in [0.2, 0.25) is 0 Å². The Labute approximate surface area is 122 Å². The highest BCUT2D eigenvalue weighted by Gasteiger charge is 2.28. The summed E-state index contributed by atoms with van der Waals surface area (Å²) in [4.78, 5) is 11.7. The highest BCUT2D eigenvalue weighted by molar-refractivity contribution is 5.56. The Balaban J connectivity index is 2.27. The van der Waals surface area contributed by atoms with E-state index in [0.717, 1.165) is 36.2 Å². The molecule has 4 heteroatoms. The quantitative estimate of drug-likeness (QED) is 0.828. The zero-order chi connectivity index (χ0) is 14.7. The van der Waals surface area contributed by atoms with E-state index in [1.807, 2.05) is 6.92 Å². The Morgan fingerprint density at radius 2 is 1.85 bits per heavy atom. The lowest BCUT2D eigenvalue weighted by Gasteiger charge is -2.28. The van der Waals surface area contributed by atoms with Crippen molar-refractivity contribution < 1.29 is 0 Å². The molecular formula is C16H28N4. The first-order chi connectivity index (χ1) is 9.60. The molecule has 4 nitrogen and oxygen atoms in total. The second-order valence-corrected chi connectivity index (χ2v) is 5.91. The smallest absolute Gasteiger partial charge is 0.137 e. The average Bonchev–Trinajstić information content (AvgIpc) is 3.28. The van der Waals surface area contributed by atoms with Crippen molar-refractivity contribution in [3.8, 4) is 0 Å². The Kier molecular flexibility index (Phi) is 4.84. The fourth-order valence-corrected chi connectivity index (χ4v) is 2.60. The second-order valence-electron chi connectivity index (χ2n) is 5.91. The molecule has 1 fully saturated rings. The van der Waals surface area contributed by atoms with Gasteiger partial charge in [-0.15, -0.1) is 0 Å². The van der Waals surface area contributed by atoms with Gasteiger partial charge in [0.15, 0.2) is 0 Å². The van der Waals surface area contributed by atoms with E-state index in [1.165, 1.54) is 25.7 Å². The molecule has 1 aromatic rings. The molecule has 112 valence electrons. The first kappa shape index (κ1) is 15.1. The van der Waals surface area contributed by atoms with Gasteiger partial charge in [0.05, 0.1) is 0 Å². The van der Waals surface area contributed by atoms with Crippen molar-refractivity contribution >= 4 is 11.6 Å². The molecule has 0 saturated heterocycles. The van der Waals surface area contributed by atoms with Crippen molar-refractivity contribution in [3.05, 3.63) is 11.4 Å². The molecule has 0 aliphatic heterocycles. The topological polar surface area (TPSA) is 55.0 Å². The summed E-state index contributed by atoms with van der Waals surface area (Å²) in [6, 6.07) is 0. The van der Waals surface area contributed by atoms with E-state index in [4.69, 9.17) is 10.7 Å². The number of aromatic nitrogens is 2. The van der Waals surface area contributed by atoms with E-state index in [2.05, 4.69) is 30.7 Å². The summed E-state index contributed by atoms with van der Waals surface area (Å²) < 4.78 is 0. The van der Waals surface area contributed by atoms with Gasteiger partial charge in [0.25, 0.3) is 0 Å². The SMILES string of the molecule is CCC(CC)CN(CC)c1nc(C2CC2)nc(N)c1C. The molecule has 0 radical (unpaired) electrons. The maximum Gasteiger partial charge on any atom is 0.137 e. The molecule has 0 bridgehead atoms. The van der Waals surface area contributed by atoms with Crippen LogP contribution in [0.2, 0.25) is 0 Å². The summed E-state index contributed by atoms with van der Waals surface area (Å²) >= 11 is 0. The fraction of sp³-hybridized carbons (Fsp3) is 0.750. The van der Waals surface area contributed by atoms with Gasteiger partial charge < -0.3 is 10.6 Å². The Morgan fingerprint density at radius 3 is 2.35 bits per heavy atom. The summed E-state index contributed by atoms with van der Waals surface area (Å²) in [6.07, 6.45) is 4.84. The lowest BCUT2D eigenvalue weighted by atomic mass is 10.0. The van der Waals surface area contributed by atoms with Gasteiger partial charge in [0, 0.05) is 24.6 Å². The minimum absolute atomic E-state index is 0.545. The Hall–Kier alpha value is -1.32. The highest BCUT2D eigenvalue weighted by atomic mass is 15.2. The van der Waals surface area contributed by atoms with Crippen molar-refractivity contribution in [3.63, 3.8) is 0 Å². The molecular weight excluding hydrogens is 248 g/mol. The predicted octanol–water partition coefficient (Wildman–Crippen LogP) is 3.51. The molecule has 2 N–H and O–H groups in total. The van der Waals surface area contributed by atoms with E-state index >= 15 is 0 Å². The van der Waals surface area contributed by atoms with Crippen LogP contribution < -0.4 is 10.6 Å². The van der Waals surface area contributed by atoms with Gasteiger partial charge in [-0.2, -0.15) is 0 Å². The lowest BCUT2D eigenvalue weighted by molar-refractivity contribution is 0.484. The number of nitrogens with two attached hydrogens (primary N) is 1. The van der Waals surface area contributed by atoms with Crippen LogP contribution in [-0.2, 0) is 0 Å². The van der Waals surface area contributed by atoms with Crippen molar-refractivity contribution in [2.24, 2.45) is 5.92 Å². The van der Waals surface area contributed by atoms with E-state index in [-0.39, 0.29) is 0 Å². The Bertz CT molecular complexity index is 450. The summed E-state index contributed by atoms with van der Waals surface area (Å²) in [5, 5.41) is 0. The molecule has 20 heavy (non-hydrogen) atoms. The lowest BCUT2D eigenvalue weighted by Crippen LogP contribution is -2.31. The van der Waals surface area contributed by atoms with Gasteiger partial charge >= 0.3 is 0 Å². The van der Waals surface area contributed by atoms with Gasteiger partial charge in [-0.05, 0) is 32.6 Å². The van der Waals surface area contributed by atoms with Crippen LogP contribution >= 0.6 is 0 Å². The van der Waals surface area contributed by atoms with E-state index in [1.54, 1.807) is 0 Å². The predicted molar refractivity (Wildman–Crippen MR) is 85.1 cm³/mol. The third kappa shape index (κ3) is 3.22. The molecule has 2 rings (SSSR count). The van der Waals surface area contributed by atoms with E-state index in [9.17, 15) is 0 Å². The molecule has 0 amide bonds. The standard InChI is InChI=1S/C16H28N4/c1-5-12(6-2)10-20(7-3)16-11(4)14(17)18-15(19-16)13-8-9-13/h12-13H,5-10H2,1-4H3,(H2,17,18,19). The minimum Gasteiger partial charge on any atom is -0.383 e. The molecule has 0 aromatic carbocycles. The van der Waals surface area contributed by atoms with Crippen molar-refractivity contribution in [1.29, 1.82) is 0 Å². The van der Waals surface area contributed by atoms with Gasteiger partial charge in [-0.25, -0.2) is 9.97 Å². The molecule has 0 atom stereocenters. The number of hydrogen-bond donors (Lipinski definition) is 1. The third-order valence-corrected chi connectivity index (χ3v) is 4.43. The molecule has 1 aliphatic carbocycles. The monoisotopic (exact) mass is 276 g/mol. The van der Waals surface area contributed by atoms with Crippen LogP contribution in [0.1, 0.15) is 63.8 Å². The largest absolute Gasteiger partial charge is 0.383 e. The first-order valence-electron chi connectivity index (χ1n) is 7.99. The van der Waals surface area contributed by atoms with Crippen LogP contribution in [0, 0.1) is 12.8 Å². The van der Waals surface area contributed by atoms with E-state index < -0.39 is 0 Å². The fourth-order valence-electron chi connectivity index (χ4n) is 2.60. The zero-order valence-corrected chi connectivity index (χ0v) is 13.3. The number of anilines is 2. The third-order valence-electron chi connectivity index (χ3n) is 4.43. The summed E-state index contributed by atoms with van der Waals surface area (Å²) in [6.45, 7) is 10.8. The van der Waals surface area contributed by atoms with Crippen molar-refractivity contribution in [2.75, 3.05) is 23.7 Å². The molecule has 1 saturated carbocycles. The van der Waals surface area contributed by atoms with E-state index in [0.29, 0.717) is 11.7 Å². The summed E-state index contributed by atoms with van der Waals surface area (Å²) in [5.41, 5.74) is 7.13. The number of nitrogens with zero attached hydrogens (tertiary/aromatic N) is 3. The molecule has 1 heterocycles. The summed E-state index contributed by atoms with van der Waals surface area (Å²) in [5.74, 6) is 3.92. The van der Waals surface area contributed by atoms with Gasteiger partial charge in [-0.1, -0.05) is 26.7 Å². The zero-order valence-electron chi connectivity index (χ0n) is 13.3. The van der Waals surface area contributed by atoms with Crippen LogP contribution in [0.15, 0.2) is 0 Å². The highest BCUT2D eigenvalue weighted by Crippen LogP contribution is 2.39. The van der Waals surface area contributed by atoms with Crippen molar-refractivity contribution in [1.82, 2.24) is 9.97 Å². The molecule has 1 aromatic heterocycles. The van der Waals surface area contributed by atoms with Crippen LogP contribution in [0.3, 0.4) is 0 Å². The number of nitrogen functional groups attached to an aromatic ring is 1. The normalized spacial score (nSPS) is 14.8. The second kappa shape index (κ2) is 6.42. The van der Waals surface area contributed by atoms with Crippen LogP contribution in [0.5, 0.6) is 0 Å². The molecule has 0 unspecified atom stereocenters. The summed E-state index contributed by atoms with van der Waals surface area (Å²) in [7, 11) is 0. The van der Waals surface area contributed by atoms with Crippen LogP contribution in [0.4, 0.5) is 11.6 Å². The van der Waals surface area contributed by atoms with Crippen molar-refractivity contribution in [2.45, 2.75) is 59.3 Å². The maximum absolute atomic E-state index is 6.10. The van der Waals surface area contributed by atoms with Gasteiger partial charge in [-0.3, -0.25) is 0 Å². The average molecular weight is 276 g/mol. The van der Waals surface area contributed by atoms with Crippen LogP contribution in [-0.4, -0.2) is 23.1 Å². The number of hydrogen-bond acceptors (Lipinski definition) is 4. The number of rotatable bonds is 7. The van der Waals surface area contributed by atoms with Crippen LogP contribution in [0.25, 0.3) is 0 Å². The first-order valence-corrected chi connectivity index (χ1v) is 7.99.